The van der Waals surface area contributed by atoms with Crippen molar-refractivity contribution in [3.05, 3.63) is 45.9 Å². The minimum Gasteiger partial charge on any atom is -0.372 e. The van der Waals surface area contributed by atoms with E-state index in [1.54, 1.807) is 7.05 Å². The molecule has 0 aliphatic carbocycles. The fraction of sp³-hybridized carbons (Fsp3) is 0.0833. The molecule has 0 saturated carbocycles. The number of halogens is 4. The van der Waals surface area contributed by atoms with Gasteiger partial charge in [0.15, 0.2) is 0 Å². The van der Waals surface area contributed by atoms with Crippen LogP contribution in [0.25, 0.3) is 11.3 Å². The SMILES string of the molecule is CNc1nc(-c2ccc(F)cc2F)c(Cl)cc1Cl. The van der Waals surface area contributed by atoms with Crippen LogP contribution >= 0.6 is 23.2 Å². The summed E-state index contributed by atoms with van der Waals surface area (Å²) in [7, 11) is 1.63. The lowest BCUT2D eigenvalue weighted by molar-refractivity contribution is 0.585. The molecule has 2 aromatic rings. The second-order valence-corrected chi connectivity index (χ2v) is 4.34. The van der Waals surface area contributed by atoms with E-state index in [0.717, 1.165) is 12.1 Å². The third kappa shape index (κ3) is 2.40. The van der Waals surface area contributed by atoms with Crippen molar-refractivity contribution in [3.63, 3.8) is 0 Å². The zero-order chi connectivity index (χ0) is 13.3. The molecule has 0 unspecified atom stereocenters. The molecular formula is C12H8Cl2F2N2. The standard InChI is InChI=1S/C12H8Cl2F2N2/c1-17-12-9(14)5-8(13)11(18-12)7-3-2-6(15)4-10(7)16/h2-5H,1H3,(H,17,18). The molecule has 1 N–H and O–H groups in total. The van der Waals surface area contributed by atoms with Crippen LogP contribution in [0.2, 0.25) is 10.0 Å². The van der Waals surface area contributed by atoms with E-state index in [9.17, 15) is 8.78 Å². The van der Waals surface area contributed by atoms with Gasteiger partial charge >= 0.3 is 0 Å². The van der Waals surface area contributed by atoms with Crippen LogP contribution in [0.4, 0.5) is 14.6 Å². The van der Waals surface area contributed by atoms with E-state index in [1.165, 1.54) is 12.1 Å². The lowest BCUT2D eigenvalue weighted by atomic mass is 10.1. The number of nitrogens with zero attached hydrogens (tertiary/aromatic N) is 1. The third-order valence-electron chi connectivity index (χ3n) is 2.35. The molecule has 6 heteroatoms. The first kappa shape index (κ1) is 13.1. The molecule has 94 valence electrons. The van der Waals surface area contributed by atoms with E-state index in [0.29, 0.717) is 10.8 Å². The van der Waals surface area contributed by atoms with E-state index < -0.39 is 11.6 Å². The molecule has 1 aromatic carbocycles. The summed E-state index contributed by atoms with van der Waals surface area (Å²) >= 11 is 11.9. The Balaban J connectivity index is 2.63. The Hall–Kier alpha value is -1.39. The van der Waals surface area contributed by atoms with Crippen molar-refractivity contribution in [1.29, 1.82) is 0 Å². The van der Waals surface area contributed by atoms with Crippen molar-refractivity contribution in [1.82, 2.24) is 4.98 Å². The molecule has 0 fully saturated rings. The monoisotopic (exact) mass is 288 g/mol. The molecule has 0 aliphatic heterocycles. The largest absolute Gasteiger partial charge is 0.372 e. The first-order valence-corrected chi connectivity index (χ1v) is 5.77. The van der Waals surface area contributed by atoms with Crippen molar-refractivity contribution in [2.45, 2.75) is 0 Å². The molecule has 2 nitrogen and oxygen atoms in total. The van der Waals surface area contributed by atoms with Gasteiger partial charge < -0.3 is 5.32 Å². The summed E-state index contributed by atoms with van der Waals surface area (Å²) in [6, 6.07) is 4.66. The van der Waals surface area contributed by atoms with Gasteiger partial charge in [0, 0.05) is 18.7 Å². The second kappa shape index (κ2) is 5.08. The van der Waals surface area contributed by atoms with E-state index in [2.05, 4.69) is 10.3 Å². The van der Waals surface area contributed by atoms with Crippen molar-refractivity contribution >= 4 is 29.0 Å². The molecule has 18 heavy (non-hydrogen) atoms. The Morgan fingerprint density at radius 1 is 1.11 bits per heavy atom. The average Bonchev–Trinajstić information content (AvgIpc) is 2.30. The van der Waals surface area contributed by atoms with E-state index >= 15 is 0 Å². The topological polar surface area (TPSA) is 24.9 Å². The summed E-state index contributed by atoms with van der Waals surface area (Å²) in [6.07, 6.45) is 0. The highest BCUT2D eigenvalue weighted by Crippen LogP contribution is 2.33. The summed E-state index contributed by atoms with van der Waals surface area (Å²) in [5, 5.41) is 3.29. The van der Waals surface area contributed by atoms with Crippen LogP contribution in [-0.4, -0.2) is 12.0 Å². The summed E-state index contributed by atoms with van der Waals surface area (Å²) in [5.41, 5.74) is 0.331. The summed E-state index contributed by atoms with van der Waals surface area (Å²) < 4.78 is 26.5. The number of hydrogen-bond donors (Lipinski definition) is 1. The Morgan fingerprint density at radius 3 is 2.44 bits per heavy atom. The Morgan fingerprint density at radius 2 is 1.83 bits per heavy atom. The predicted octanol–water partition coefficient (Wildman–Crippen LogP) is 4.38. The molecule has 1 heterocycles. The minimum atomic E-state index is -0.728. The van der Waals surface area contributed by atoms with Crippen LogP contribution in [0.5, 0.6) is 0 Å². The van der Waals surface area contributed by atoms with Gasteiger partial charge in [0.25, 0.3) is 0 Å². The zero-order valence-corrected chi connectivity index (χ0v) is 10.8. The summed E-state index contributed by atoms with van der Waals surface area (Å²) in [6.45, 7) is 0. The van der Waals surface area contributed by atoms with Crippen molar-refractivity contribution in [2.75, 3.05) is 12.4 Å². The van der Waals surface area contributed by atoms with Gasteiger partial charge in [0.1, 0.15) is 17.5 Å². The maximum absolute atomic E-state index is 13.7. The lowest BCUT2D eigenvalue weighted by Crippen LogP contribution is -1.97. The number of benzene rings is 1. The molecule has 0 amide bonds. The number of hydrogen-bond acceptors (Lipinski definition) is 2. The van der Waals surface area contributed by atoms with Gasteiger partial charge in [-0.1, -0.05) is 23.2 Å². The van der Waals surface area contributed by atoms with Crippen LogP contribution in [-0.2, 0) is 0 Å². The van der Waals surface area contributed by atoms with Crippen LogP contribution in [0.15, 0.2) is 24.3 Å². The molecule has 0 atom stereocenters. The van der Waals surface area contributed by atoms with Gasteiger partial charge in [-0.3, -0.25) is 0 Å². The van der Waals surface area contributed by atoms with E-state index in [-0.39, 0.29) is 16.3 Å². The van der Waals surface area contributed by atoms with Gasteiger partial charge in [-0.15, -0.1) is 0 Å². The first-order valence-electron chi connectivity index (χ1n) is 5.02. The highest BCUT2D eigenvalue weighted by Gasteiger charge is 2.14. The Labute approximate surface area is 113 Å². The van der Waals surface area contributed by atoms with E-state index in [1.807, 2.05) is 0 Å². The smallest absolute Gasteiger partial charge is 0.145 e. The van der Waals surface area contributed by atoms with E-state index in [4.69, 9.17) is 23.2 Å². The molecule has 0 radical (unpaired) electrons. The zero-order valence-electron chi connectivity index (χ0n) is 9.27. The predicted molar refractivity (Wildman–Crippen MR) is 69.2 cm³/mol. The second-order valence-electron chi connectivity index (χ2n) is 3.52. The van der Waals surface area contributed by atoms with Crippen LogP contribution < -0.4 is 5.32 Å². The highest BCUT2D eigenvalue weighted by atomic mass is 35.5. The van der Waals surface area contributed by atoms with Gasteiger partial charge in [-0.05, 0) is 18.2 Å². The highest BCUT2D eigenvalue weighted by molar-refractivity contribution is 6.37. The quantitative estimate of drug-likeness (QED) is 0.887. The van der Waals surface area contributed by atoms with Gasteiger partial charge in [-0.25, -0.2) is 13.8 Å². The average molecular weight is 289 g/mol. The number of nitrogens with one attached hydrogen (secondary N) is 1. The maximum atomic E-state index is 13.7. The minimum absolute atomic E-state index is 0.120. The maximum Gasteiger partial charge on any atom is 0.145 e. The molecule has 2 rings (SSSR count). The summed E-state index contributed by atoms with van der Waals surface area (Å²) in [5.74, 6) is -1.01. The molecule has 0 saturated heterocycles. The molecule has 0 spiro atoms. The first-order chi connectivity index (χ1) is 8.52. The van der Waals surface area contributed by atoms with Gasteiger partial charge in [0.2, 0.25) is 0 Å². The van der Waals surface area contributed by atoms with Crippen LogP contribution in [0, 0.1) is 11.6 Å². The van der Waals surface area contributed by atoms with Gasteiger partial charge in [-0.2, -0.15) is 0 Å². The lowest BCUT2D eigenvalue weighted by Gasteiger charge is -2.09. The van der Waals surface area contributed by atoms with Crippen LogP contribution in [0.3, 0.4) is 0 Å². The van der Waals surface area contributed by atoms with Crippen molar-refractivity contribution in [2.24, 2.45) is 0 Å². The van der Waals surface area contributed by atoms with Crippen molar-refractivity contribution in [3.8, 4) is 11.3 Å². The summed E-state index contributed by atoms with van der Waals surface area (Å²) in [4.78, 5) is 4.11. The normalized spacial score (nSPS) is 10.5. The molecule has 0 bridgehead atoms. The Bertz CT molecular complexity index is 603. The number of rotatable bonds is 2. The molecule has 1 aromatic heterocycles. The fourth-order valence-corrected chi connectivity index (χ4v) is 2.07. The van der Waals surface area contributed by atoms with Crippen molar-refractivity contribution < 1.29 is 8.78 Å². The van der Waals surface area contributed by atoms with Gasteiger partial charge in [0.05, 0.1) is 15.7 Å². The number of aromatic nitrogens is 1. The fourth-order valence-electron chi connectivity index (χ4n) is 1.51. The number of pyridine rings is 1. The Kier molecular flexibility index (Phi) is 3.68. The third-order valence-corrected chi connectivity index (χ3v) is 2.93. The number of anilines is 1. The molecule has 0 aliphatic rings. The molecular weight excluding hydrogens is 281 g/mol. The van der Waals surface area contributed by atoms with Crippen LogP contribution in [0.1, 0.15) is 0 Å².